The second-order valence-corrected chi connectivity index (χ2v) is 3.72. The summed E-state index contributed by atoms with van der Waals surface area (Å²) in [6.45, 7) is 1.80. The maximum Gasteiger partial charge on any atom is 0.305 e. The Balaban J connectivity index is 2.65. The van der Waals surface area contributed by atoms with E-state index in [-0.39, 0.29) is 24.2 Å². The number of hydrogen-bond acceptors (Lipinski definition) is 3. The van der Waals surface area contributed by atoms with Crippen LogP contribution in [0.5, 0.6) is 0 Å². The molecule has 1 unspecified atom stereocenters. The smallest absolute Gasteiger partial charge is 0.305 e. The number of aryl methyl sites for hydroxylation is 1. The normalized spacial score (nSPS) is 12.2. The molecule has 0 fully saturated rings. The molecule has 0 saturated heterocycles. The van der Waals surface area contributed by atoms with Crippen molar-refractivity contribution in [2.24, 2.45) is 5.73 Å². The highest BCUT2D eigenvalue weighted by atomic mass is 19.1. The van der Waals surface area contributed by atoms with Crippen LogP contribution in [0.3, 0.4) is 0 Å². The minimum Gasteiger partial charge on any atom is -0.469 e. The fourth-order valence-corrected chi connectivity index (χ4v) is 1.59. The Hall–Kier alpha value is -1.42. The van der Waals surface area contributed by atoms with Crippen LogP contribution in [0.15, 0.2) is 18.2 Å². The monoisotopic (exact) mass is 225 g/mol. The van der Waals surface area contributed by atoms with E-state index in [0.29, 0.717) is 6.42 Å². The van der Waals surface area contributed by atoms with E-state index >= 15 is 0 Å². The van der Waals surface area contributed by atoms with E-state index in [1.807, 2.05) is 0 Å². The first kappa shape index (κ1) is 12.6. The zero-order valence-electron chi connectivity index (χ0n) is 9.50. The Labute approximate surface area is 94.4 Å². The first-order valence-electron chi connectivity index (χ1n) is 5.13. The van der Waals surface area contributed by atoms with Gasteiger partial charge in [-0.15, -0.1) is 0 Å². The summed E-state index contributed by atoms with van der Waals surface area (Å²) in [4.78, 5) is 10.9. The van der Waals surface area contributed by atoms with Crippen molar-refractivity contribution in [3.63, 3.8) is 0 Å². The van der Waals surface area contributed by atoms with Crippen LogP contribution >= 0.6 is 0 Å². The maximum absolute atomic E-state index is 12.9. The molecule has 88 valence electrons. The van der Waals surface area contributed by atoms with Gasteiger partial charge in [0, 0.05) is 12.5 Å². The second kappa shape index (κ2) is 5.61. The van der Waals surface area contributed by atoms with Crippen LogP contribution in [0.25, 0.3) is 0 Å². The van der Waals surface area contributed by atoms with Gasteiger partial charge in [0.1, 0.15) is 5.82 Å². The molecule has 0 saturated carbocycles. The van der Waals surface area contributed by atoms with E-state index < -0.39 is 0 Å². The van der Waals surface area contributed by atoms with Crippen LogP contribution in [-0.4, -0.2) is 13.1 Å². The number of hydrogen-bond donors (Lipinski definition) is 1. The molecule has 0 heterocycles. The Morgan fingerprint density at radius 3 is 2.81 bits per heavy atom. The molecule has 0 aromatic heterocycles. The highest BCUT2D eigenvalue weighted by Crippen LogP contribution is 2.20. The topological polar surface area (TPSA) is 52.3 Å². The molecular formula is C12H16FNO2. The lowest BCUT2D eigenvalue weighted by Crippen LogP contribution is -2.14. The van der Waals surface area contributed by atoms with Gasteiger partial charge in [-0.05, 0) is 36.6 Å². The molecule has 0 aliphatic heterocycles. The summed E-state index contributed by atoms with van der Waals surface area (Å²) in [5.41, 5.74) is 7.59. The fraction of sp³-hybridized carbons (Fsp3) is 0.417. The van der Waals surface area contributed by atoms with E-state index in [4.69, 9.17) is 5.73 Å². The van der Waals surface area contributed by atoms with E-state index in [1.165, 1.54) is 19.2 Å². The summed E-state index contributed by atoms with van der Waals surface area (Å²) in [7, 11) is 1.34. The molecule has 0 amide bonds. The SMILES string of the molecule is COC(=O)CCC(N)c1ccc(F)cc1C. The number of halogens is 1. The Morgan fingerprint density at radius 1 is 1.56 bits per heavy atom. The number of esters is 1. The Kier molecular flexibility index (Phi) is 4.43. The third kappa shape index (κ3) is 3.31. The van der Waals surface area contributed by atoms with Crippen LogP contribution < -0.4 is 5.73 Å². The van der Waals surface area contributed by atoms with Crippen molar-refractivity contribution in [1.82, 2.24) is 0 Å². The van der Waals surface area contributed by atoms with Gasteiger partial charge in [-0.3, -0.25) is 4.79 Å². The predicted molar refractivity (Wildman–Crippen MR) is 59.3 cm³/mol. The first-order valence-corrected chi connectivity index (χ1v) is 5.13. The van der Waals surface area contributed by atoms with Gasteiger partial charge in [-0.2, -0.15) is 0 Å². The number of benzene rings is 1. The molecule has 16 heavy (non-hydrogen) atoms. The largest absolute Gasteiger partial charge is 0.469 e. The minimum absolute atomic E-state index is 0.264. The van der Waals surface area contributed by atoms with Crippen molar-refractivity contribution < 1.29 is 13.9 Å². The van der Waals surface area contributed by atoms with E-state index in [0.717, 1.165) is 11.1 Å². The molecule has 0 spiro atoms. The van der Waals surface area contributed by atoms with Crippen molar-refractivity contribution in [1.29, 1.82) is 0 Å². The minimum atomic E-state index is -0.282. The molecule has 1 aromatic rings. The van der Waals surface area contributed by atoms with Gasteiger partial charge in [0.25, 0.3) is 0 Å². The molecule has 2 N–H and O–H groups in total. The van der Waals surface area contributed by atoms with Gasteiger partial charge >= 0.3 is 5.97 Å². The molecule has 3 nitrogen and oxygen atoms in total. The third-order valence-electron chi connectivity index (χ3n) is 2.52. The van der Waals surface area contributed by atoms with E-state index in [1.54, 1.807) is 13.0 Å². The second-order valence-electron chi connectivity index (χ2n) is 3.72. The third-order valence-corrected chi connectivity index (χ3v) is 2.52. The van der Waals surface area contributed by atoms with Gasteiger partial charge in [-0.25, -0.2) is 4.39 Å². The molecule has 1 rings (SSSR count). The van der Waals surface area contributed by atoms with Crippen LogP contribution in [0.1, 0.15) is 30.0 Å². The van der Waals surface area contributed by atoms with E-state index in [2.05, 4.69) is 4.74 Å². The number of rotatable bonds is 4. The summed E-state index contributed by atoms with van der Waals surface area (Å²) in [5, 5.41) is 0. The zero-order valence-corrected chi connectivity index (χ0v) is 9.50. The number of ether oxygens (including phenoxy) is 1. The number of carbonyl (C=O) groups excluding carboxylic acids is 1. The van der Waals surface area contributed by atoms with Crippen LogP contribution in [-0.2, 0) is 9.53 Å². The van der Waals surface area contributed by atoms with Crippen LogP contribution in [0.4, 0.5) is 4.39 Å². The summed E-state index contributed by atoms with van der Waals surface area (Å²) in [5.74, 6) is -0.559. The lowest BCUT2D eigenvalue weighted by molar-refractivity contribution is -0.140. The van der Waals surface area contributed by atoms with Crippen molar-refractivity contribution in [2.45, 2.75) is 25.8 Å². The first-order chi connectivity index (χ1) is 7.54. The van der Waals surface area contributed by atoms with Crippen LogP contribution in [0.2, 0.25) is 0 Å². The van der Waals surface area contributed by atoms with Crippen molar-refractivity contribution in [3.05, 3.63) is 35.1 Å². The number of nitrogens with two attached hydrogens (primary N) is 1. The zero-order chi connectivity index (χ0) is 12.1. The molecule has 1 atom stereocenters. The Bertz CT molecular complexity index is 379. The van der Waals surface area contributed by atoms with Crippen molar-refractivity contribution in [3.8, 4) is 0 Å². The van der Waals surface area contributed by atoms with Gasteiger partial charge in [-0.1, -0.05) is 6.07 Å². The van der Waals surface area contributed by atoms with Crippen molar-refractivity contribution in [2.75, 3.05) is 7.11 Å². The maximum atomic E-state index is 12.9. The highest BCUT2D eigenvalue weighted by Gasteiger charge is 2.11. The number of methoxy groups -OCH3 is 1. The molecule has 0 bridgehead atoms. The van der Waals surface area contributed by atoms with Crippen molar-refractivity contribution >= 4 is 5.97 Å². The summed E-state index contributed by atoms with van der Waals surface area (Å²) in [6, 6.07) is 4.21. The average Bonchev–Trinajstić information content (AvgIpc) is 2.25. The van der Waals surface area contributed by atoms with Gasteiger partial charge < -0.3 is 10.5 Å². The lowest BCUT2D eigenvalue weighted by Gasteiger charge is -2.14. The molecule has 0 aliphatic rings. The van der Waals surface area contributed by atoms with Gasteiger partial charge in [0.05, 0.1) is 7.11 Å². The summed E-state index contributed by atoms with van der Waals surface area (Å²) >= 11 is 0. The summed E-state index contributed by atoms with van der Waals surface area (Å²) in [6.07, 6.45) is 0.771. The molecule has 4 heteroatoms. The molecule has 0 radical (unpaired) electrons. The standard InChI is InChI=1S/C12H16FNO2/c1-8-7-9(13)3-4-10(8)11(14)5-6-12(15)16-2/h3-4,7,11H,5-6,14H2,1-2H3. The molecular weight excluding hydrogens is 209 g/mol. The summed E-state index contributed by atoms with van der Waals surface area (Å²) < 4.78 is 17.4. The van der Waals surface area contributed by atoms with Gasteiger partial charge in [0.15, 0.2) is 0 Å². The van der Waals surface area contributed by atoms with Crippen LogP contribution in [0, 0.1) is 12.7 Å². The quantitative estimate of drug-likeness (QED) is 0.798. The number of carbonyl (C=O) groups is 1. The average molecular weight is 225 g/mol. The van der Waals surface area contributed by atoms with Gasteiger partial charge in [0.2, 0.25) is 0 Å². The lowest BCUT2D eigenvalue weighted by atomic mass is 9.98. The fourth-order valence-electron chi connectivity index (χ4n) is 1.59. The highest BCUT2D eigenvalue weighted by molar-refractivity contribution is 5.69. The predicted octanol–water partition coefficient (Wildman–Crippen LogP) is 2.09. The Morgan fingerprint density at radius 2 is 2.25 bits per heavy atom. The molecule has 1 aromatic carbocycles. The molecule has 0 aliphatic carbocycles. The van der Waals surface area contributed by atoms with E-state index in [9.17, 15) is 9.18 Å².